The van der Waals surface area contributed by atoms with Gasteiger partial charge in [-0.3, -0.25) is 0 Å². The van der Waals surface area contributed by atoms with Crippen molar-refractivity contribution in [3.63, 3.8) is 0 Å². The minimum atomic E-state index is -0.167. The van der Waals surface area contributed by atoms with Crippen LogP contribution in [-0.2, 0) is 0 Å². The molecule has 0 amide bonds. The highest BCUT2D eigenvalue weighted by Crippen LogP contribution is 1.88. The minimum Gasteiger partial charge on any atom is -0.394 e. The first-order valence-electron chi connectivity index (χ1n) is 4.78. The van der Waals surface area contributed by atoms with Gasteiger partial charge in [-0.25, -0.2) is 0 Å². The molecule has 0 radical (unpaired) electrons. The number of hydrogen-bond donors (Lipinski definition) is 2. The molecule has 1 rings (SSSR count). The van der Waals surface area contributed by atoms with Crippen molar-refractivity contribution < 1.29 is 5.11 Å². The highest BCUT2D eigenvalue weighted by molar-refractivity contribution is 4.64. The quantitative estimate of drug-likeness (QED) is 0.600. The van der Waals surface area contributed by atoms with Crippen LogP contribution in [0.2, 0.25) is 0 Å². The number of likely N-dealkylation sites (N-methyl/N-ethyl adjacent to an activating group) is 1. The van der Waals surface area contributed by atoms with E-state index in [4.69, 9.17) is 5.11 Å². The fourth-order valence-corrected chi connectivity index (χ4v) is 1.03. The molecule has 0 atom stereocenters. The van der Waals surface area contributed by atoms with Crippen LogP contribution in [0.3, 0.4) is 0 Å². The van der Waals surface area contributed by atoms with Crippen molar-refractivity contribution in [3.05, 3.63) is 0 Å². The summed E-state index contributed by atoms with van der Waals surface area (Å²) in [7, 11) is 0. The summed E-state index contributed by atoms with van der Waals surface area (Å²) in [5.74, 6) is 0. The van der Waals surface area contributed by atoms with Crippen LogP contribution >= 0.6 is 0 Å². The van der Waals surface area contributed by atoms with Gasteiger partial charge in [-0.15, -0.1) is 0 Å². The lowest BCUT2D eigenvalue weighted by Gasteiger charge is -2.25. The Morgan fingerprint density at radius 1 is 1.33 bits per heavy atom. The number of rotatable bonds is 1. The highest BCUT2D eigenvalue weighted by atomic mass is 16.3. The lowest BCUT2D eigenvalue weighted by molar-refractivity contribution is 0.216. The van der Waals surface area contributed by atoms with Crippen LogP contribution < -0.4 is 5.32 Å². The van der Waals surface area contributed by atoms with Gasteiger partial charge in [0.05, 0.1) is 0 Å². The number of aliphatic hydroxyl groups is 1. The van der Waals surface area contributed by atoms with Gasteiger partial charge >= 0.3 is 0 Å². The first-order valence-corrected chi connectivity index (χ1v) is 4.78. The van der Waals surface area contributed by atoms with E-state index in [0.29, 0.717) is 0 Å². The Hall–Kier alpha value is -0.120. The summed E-state index contributed by atoms with van der Waals surface area (Å²) < 4.78 is 0. The molecule has 0 saturated carbocycles. The highest BCUT2D eigenvalue weighted by Gasteiger charge is 2.04. The molecule has 1 aliphatic rings. The summed E-state index contributed by atoms with van der Waals surface area (Å²) in [5, 5.41) is 11.4. The molecule has 12 heavy (non-hydrogen) atoms. The van der Waals surface area contributed by atoms with E-state index in [1.165, 1.54) is 32.7 Å². The molecule has 0 aromatic rings. The zero-order valence-electron chi connectivity index (χ0n) is 8.51. The van der Waals surface area contributed by atoms with Crippen LogP contribution in [0.5, 0.6) is 0 Å². The number of nitrogens with one attached hydrogen (secondary N) is 1. The predicted octanol–water partition coefficient (Wildman–Crippen LogP) is 0.299. The van der Waals surface area contributed by atoms with E-state index in [1.807, 2.05) is 0 Å². The monoisotopic (exact) mass is 174 g/mol. The summed E-state index contributed by atoms with van der Waals surface area (Å²) in [6.07, 6.45) is -0.167. The Labute approximate surface area is 75.8 Å². The third-order valence-corrected chi connectivity index (χ3v) is 1.66. The molecule has 1 heterocycles. The zero-order chi connectivity index (χ0) is 9.40. The van der Waals surface area contributed by atoms with Gasteiger partial charge in [0.1, 0.15) is 0 Å². The molecule has 3 heteroatoms. The van der Waals surface area contributed by atoms with E-state index in [2.05, 4.69) is 17.1 Å². The van der Waals surface area contributed by atoms with Crippen LogP contribution in [0, 0.1) is 0 Å². The predicted molar refractivity (Wildman–Crippen MR) is 52.3 cm³/mol. The average molecular weight is 174 g/mol. The van der Waals surface area contributed by atoms with Gasteiger partial charge in [-0.1, -0.05) is 6.92 Å². The molecule has 2 N–H and O–H groups in total. The molecule has 1 fully saturated rings. The van der Waals surface area contributed by atoms with Crippen molar-refractivity contribution in [2.75, 3.05) is 32.7 Å². The standard InChI is InChI=1S/C6H14N2.C3H8O/c1-2-8-5-3-7-4-6-8;1-3(2)4/h7H,2-6H2,1H3;3-4H,1-2H3. The van der Waals surface area contributed by atoms with Gasteiger partial charge in [-0.2, -0.15) is 0 Å². The molecule has 0 bridgehead atoms. The van der Waals surface area contributed by atoms with Crippen LogP contribution in [0.15, 0.2) is 0 Å². The maximum Gasteiger partial charge on any atom is 0.0483 e. The molecule has 0 aliphatic carbocycles. The molecule has 1 aliphatic heterocycles. The third kappa shape index (κ3) is 7.98. The first kappa shape index (κ1) is 11.9. The molecule has 74 valence electrons. The summed E-state index contributed by atoms with van der Waals surface area (Å²) in [6.45, 7) is 11.7. The number of aliphatic hydroxyl groups excluding tert-OH is 1. The molecular formula is C9H22N2O. The molecule has 0 unspecified atom stereocenters. The topological polar surface area (TPSA) is 35.5 Å². The van der Waals surface area contributed by atoms with Gasteiger partial charge in [0.25, 0.3) is 0 Å². The molecule has 0 aromatic heterocycles. The van der Waals surface area contributed by atoms with E-state index in [0.717, 1.165) is 0 Å². The number of nitrogens with zero attached hydrogens (tertiary/aromatic N) is 1. The van der Waals surface area contributed by atoms with Gasteiger partial charge in [0.15, 0.2) is 0 Å². The fourth-order valence-electron chi connectivity index (χ4n) is 1.03. The van der Waals surface area contributed by atoms with Gasteiger partial charge in [0.2, 0.25) is 0 Å². The second kappa shape index (κ2) is 7.53. The van der Waals surface area contributed by atoms with Crippen molar-refractivity contribution in [2.24, 2.45) is 0 Å². The van der Waals surface area contributed by atoms with Crippen molar-refractivity contribution in [3.8, 4) is 0 Å². The molecule has 0 aromatic carbocycles. The Kier molecular flexibility index (Phi) is 7.45. The Bertz CT molecular complexity index is 87.8. The van der Waals surface area contributed by atoms with Crippen LogP contribution in [-0.4, -0.2) is 48.8 Å². The molecule has 1 saturated heterocycles. The van der Waals surface area contributed by atoms with Gasteiger partial charge in [-0.05, 0) is 20.4 Å². The van der Waals surface area contributed by atoms with Crippen LogP contribution in [0.4, 0.5) is 0 Å². The van der Waals surface area contributed by atoms with Crippen molar-refractivity contribution >= 4 is 0 Å². The molecule has 3 nitrogen and oxygen atoms in total. The summed E-state index contributed by atoms with van der Waals surface area (Å²) in [4.78, 5) is 2.45. The Morgan fingerprint density at radius 2 is 1.75 bits per heavy atom. The molecule has 0 spiro atoms. The number of piperazine rings is 1. The number of hydrogen-bond acceptors (Lipinski definition) is 3. The fraction of sp³-hybridized carbons (Fsp3) is 1.00. The lowest BCUT2D eigenvalue weighted by atomic mass is 10.4. The minimum absolute atomic E-state index is 0.167. The Balaban J connectivity index is 0.000000261. The van der Waals surface area contributed by atoms with Crippen molar-refractivity contribution in [1.29, 1.82) is 0 Å². The molecular weight excluding hydrogens is 152 g/mol. The van der Waals surface area contributed by atoms with E-state index < -0.39 is 0 Å². The largest absolute Gasteiger partial charge is 0.394 e. The van der Waals surface area contributed by atoms with Crippen molar-refractivity contribution in [2.45, 2.75) is 26.9 Å². The van der Waals surface area contributed by atoms with Gasteiger partial charge < -0.3 is 15.3 Å². The van der Waals surface area contributed by atoms with Crippen molar-refractivity contribution in [1.82, 2.24) is 10.2 Å². The van der Waals surface area contributed by atoms with Gasteiger partial charge in [0, 0.05) is 32.3 Å². The zero-order valence-corrected chi connectivity index (χ0v) is 8.51. The van der Waals surface area contributed by atoms with E-state index in [1.54, 1.807) is 13.8 Å². The second-order valence-corrected chi connectivity index (χ2v) is 3.28. The van der Waals surface area contributed by atoms with E-state index in [-0.39, 0.29) is 6.10 Å². The Morgan fingerprint density at radius 3 is 2.00 bits per heavy atom. The third-order valence-electron chi connectivity index (χ3n) is 1.66. The van der Waals surface area contributed by atoms with Crippen LogP contribution in [0.1, 0.15) is 20.8 Å². The lowest BCUT2D eigenvalue weighted by Crippen LogP contribution is -2.43. The maximum atomic E-state index is 8.06. The normalized spacial score (nSPS) is 18.8. The summed E-state index contributed by atoms with van der Waals surface area (Å²) in [5.41, 5.74) is 0. The average Bonchev–Trinajstić information content (AvgIpc) is 2.05. The summed E-state index contributed by atoms with van der Waals surface area (Å²) >= 11 is 0. The summed E-state index contributed by atoms with van der Waals surface area (Å²) in [6, 6.07) is 0. The smallest absolute Gasteiger partial charge is 0.0483 e. The van der Waals surface area contributed by atoms with E-state index >= 15 is 0 Å². The van der Waals surface area contributed by atoms with E-state index in [9.17, 15) is 0 Å². The maximum absolute atomic E-state index is 8.06. The second-order valence-electron chi connectivity index (χ2n) is 3.28. The first-order chi connectivity index (χ1) is 5.66. The van der Waals surface area contributed by atoms with Crippen LogP contribution in [0.25, 0.3) is 0 Å². The SMILES string of the molecule is CC(C)O.CCN1CCNCC1.